The molecule has 0 radical (unpaired) electrons. The summed E-state index contributed by atoms with van der Waals surface area (Å²) in [5.41, 5.74) is 5.45. The van der Waals surface area contributed by atoms with E-state index in [1.807, 2.05) is 20.9 Å². The summed E-state index contributed by atoms with van der Waals surface area (Å²) in [6.45, 7) is 9.17. The minimum Gasteiger partial charge on any atom is -0.378 e. The van der Waals surface area contributed by atoms with E-state index in [1.165, 1.54) is 5.56 Å². The van der Waals surface area contributed by atoms with Crippen molar-refractivity contribution in [2.75, 3.05) is 19.8 Å². The number of hydrogen-bond acceptors (Lipinski definition) is 4. The van der Waals surface area contributed by atoms with E-state index >= 15 is 0 Å². The van der Waals surface area contributed by atoms with Crippen molar-refractivity contribution in [2.24, 2.45) is 7.05 Å². The zero-order valence-corrected chi connectivity index (χ0v) is 14.2. The Balaban J connectivity index is 1.90. The van der Waals surface area contributed by atoms with Gasteiger partial charge in [0.25, 0.3) is 0 Å². The molecule has 22 heavy (non-hydrogen) atoms. The van der Waals surface area contributed by atoms with Gasteiger partial charge >= 0.3 is 0 Å². The summed E-state index contributed by atoms with van der Waals surface area (Å²) in [6.07, 6.45) is 0. The average Bonchev–Trinajstić information content (AvgIpc) is 2.94. The predicted octanol–water partition coefficient (Wildman–Crippen LogP) is 2.30. The highest BCUT2D eigenvalue weighted by Gasteiger charge is 2.30. The Bertz CT molecular complexity index is 658. The van der Waals surface area contributed by atoms with Gasteiger partial charge in [-0.15, -0.1) is 0 Å². The second kappa shape index (κ2) is 6.02. The second-order valence-corrected chi connectivity index (χ2v) is 6.25. The van der Waals surface area contributed by atoms with Crippen LogP contribution in [-0.2, 0) is 18.3 Å². The molecule has 0 bridgehead atoms. The smallest absolute Gasteiger partial charge is 0.131 e. The molecule has 1 atom stereocenters. The van der Waals surface area contributed by atoms with Crippen molar-refractivity contribution in [1.82, 2.24) is 24.9 Å². The quantitative estimate of drug-likeness (QED) is 0.941. The molecule has 1 fully saturated rings. The first-order valence-corrected chi connectivity index (χ1v) is 7.88. The molecular formula is C15H22ClN5O. The molecule has 6 nitrogen and oxygen atoms in total. The standard InChI is InChI=1S/C15H22ClN5O/c1-9-12(15(16)20(4)19-9)7-21-5-6-22-8-13(21)14-10(2)17-18-11(14)3/h13H,5-8H2,1-4H3,(H,17,18)/t13-/m1/s1. The maximum atomic E-state index is 6.39. The Morgan fingerprint density at radius 1 is 1.32 bits per heavy atom. The number of aryl methyl sites for hydroxylation is 4. The fourth-order valence-corrected chi connectivity index (χ4v) is 3.43. The Hall–Kier alpha value is -1.37. The van der Waals surface area contributed by atoms with Crippen molar-refractivity contribution in [3.63, 3.8) is 0 Å². The highest BCUT2D eigenvalue weighted by Crippen LogP contribution is 2.31. The van der Waals surface area contributed by atoms with Crippen molar-refractivity contribution < 1.29 is 4.74 Å². The summed E-state index contributed by atoms with van der Waals surface area (Å²) >= 11 is 6.39. The van der Waals surface area contributed by atoms with Crippen LogP contribution in [-0.4, -0.2) is 44.6 Å². The number of nitrogens with zero attached hydrogens (tertiary/aromatic N) is 4. The van der Waals surface area contributed by atoms with E-state index in [-0.39, 0.29) is 6.04 Å². The van der Waals surface area contributed by atoms with Crippen LogP contribution in [0, 0.1) is 20.8 Å². The summed E-state index contributed by atoms with van der Waals surface area (Å²) in [5.74, 6) is 0. The van der Waals surface area contributed by atoms with Gasteiger partial charge in [0.05, 0.1) is 30.6 Å². The summed E-state index contributed by atoms with van der Waals surface area (Å²) in [6, 6.07) is 0.197. The average molecular weight is 324 g/mol. The zero-order valence-electron chi connectivity index (χ0n) is 13.5. The largest absolute Gasteiger partial charge is 0.378 e. The van der Waals surface area contributed by atoms with Crippen LogP contribution in [0.3, 0.4) is 0 Å². The minimum atomic E-state index is 0.197. The molecule has 0 amide bonds. The number of ether oxygens (including phenoxy) is 1. The molecule has 1 saturated heterocycles. The molecule has 2 aromatic rings. The lowest BCUT2D eigenvalue weighted by atomic mass is 10.0. The molecule has 3 rings (SSSR count). The molecule has 1 aliphatic heterocycles. The molecule has 7 heteroatoms. The molecule has 0 unspecified atom stereocenters. The van der Waals surface area contributed by atoms with Crippen LogP contribution < -0.4 is 0 Å². The molecule has 120 valence electrons. The van der Waals surface area contributed by atoms with Gasteiger partial charge in [-0.25, -0.2) is 0 Å². The van der Waals surface area contributed by atoms with Crippen molar-refractivity contribution >= 4 is 11.6 Å². The predicted molar refractivity (Wildman–Crippen MR) is 85.0 cm³/mol. The lowest BCUT2D eigenvalue weighted by Crippen LogP contribution is -2.39. The van der Waals surface area contributed by atoms with Gasteiger partial charge in [0.1, 0.15) is 5.15 Å². The van der Waals surface area contributed by atoms with E-state index < -0.39 is 0 Å². The van der Waals surface area contributed by atoms with E-state index in [4.69, 9.17) is 16.3 Å². The summed E-state index contributed by atoms with van der Waals surface area (Å²) in [5, 5.41) is 12.5. The SMILES string of the molecule is Cc1nn(C)c(Cl)c1CN1CCOC[C@@H]1c1c(C)n[nH]c1C. The summed E-state index contributed by atoms with van der Waals surface area (Å²) in [4.78, 5) is 2.41. The highest BCUT2D eigenvalue weighted by atomic mass is 35.5. The number of nitrogens with one attached hydrogen (secondary N) is 1. The Morgan fingerprint density at radius 2 is 2.09 bits per heavy atom. The molecule has 1 aliphatic rings. The van der Waals surface area contributed by atoms with E-state index in [2.05, 4.69) is 27.1 Å². The molecule has 0 aromatic carbocycles. The van der Waals surface area contributed by atoms with Crippen LogP contribution in [0.2, 0.25) is 5.15 Å². The topological polar surface area (TPSA) is 59.0 Å². The number of halogens is 1. The van der Waals surface area contributed by atoms with Gasteiger partial charge in [-0.1, -0.05) is 11.6 Å². The number of hydrogen-bond donors (Lipinski definition) is 1. The lowest BCUT2D eigenvalue weighted by molar-refractivity contribution is -0.0132. The van der Waals surface area contributed by atoms with E-state index in [1.54, 1.807) is 4.68 Å². The Morgan fingerprint density at radius 3 is 2.68 bits per heavy atom. The third-order valence-electron chi connectivity index (χ3n) is 4.39. The van der Waals surface area contributed by atoms with Gasteiger partial charge in [-0.3, -0.25) is 14.7 Å². The first-order chi connectivity index (χ1) is 10.5. The van der Waals surface area contributed by atoms with Gasteiger partial charge in [0.2, 0.25) is 0 Å². The van der Waals surface area contributed by atoms with Gasteiger partial charge in [-0.2, -0.15) is 10.2 Å². The van der Waals surface area contributed by atoms with Gasteiger partial charge < -0.3 is 4.74 Å². The highest BCUT2D eigenvalue weighted by molar-refractivity contribution is 6.30. The third-order valence-corrected chi connectivity index (χ3v) is 4.86. The fourth-order valence-electron chi connectivity index (χ4n) is 3.20. The normalized spacial score (nSPS) is 19.8. The number of morpholine rings is 1. The summed E-state index contributed by atoms with van der Waals surface area (Å²) in [7, 11) is 1.88. The molecule has 0 aliphatic carbocycles. The number of H-pyrrole nitrogens is 1. The van der Waals surface area contributed by atoms with Crippen molar-refractivity contribution in [3.8, 4) is 0 Å². The van der Waals surface area contributed by atoms with Gasteiger partial charge in [-0.05, 0) is 20.8 Å². The molecule has 3 heterocycles. The van der Waals surface area contributed by atoms with Crippen LogP contribution in [0.15, 0.2) is 0 Å². The molecular weight excluding hydrogens is 302 g/mol. The van der Waals surface area contributed by atoms with Crippen LogP contribution in [0.1, 0.15) is 34.3 Å². The Kier molecular flexibility index (Phi) is 4.25. The van der Waals surface area contributed by atoms with Crippen molar-refractivity contribution in [2.45, 2.75) is 33.4 Å². The van der Waals surface area contributed by atoms with Crippen LogP contribution in [0.5, 0.6) is 0 Å². The van der Waals surface area contributed by atoms with Crippen LogP contribution in [0.4, 0.5) is 0 Å². The monoisotopic (exact) mass is 323 g/mol. The van der Waals surface area contributed by atoms with E-state index in [0.29, 0.717) is 11.8 Å². The van der Waals surface area contributed by atoms with E-state index in [9.17, 15) is 0 Å². The van der Waals surface area contributed by atoms with Crippen LogP contribution >= 0.6 is 11.6 Å². The van der Waals surface area contributed by atoms with Crippen molar-refractivity contribution in [3.05, 3.63) is 33.4 Å². The summed E-state index contributed by atoms with van der Waals surface area (Å²) < 4.78 is 7.44. The Labute approximate surface area is 135 Å². The molecule has 0 saturated carbocycles. The zero-order chi connectivity index (χ0) is 15.9. The molecule has 1 N–H and O–H groups in total. The maximum absolute atomic E-state index is 6.39. The third kappa shape index (κ3) is 2.66. The van der Waals surface area contributed by atoms with Crippen molar-refractivity contribution in [1.29, 1.82) is 0 Å². The number of rotatable bonds is 3. The van der Waals surface area contributed by atoms with Gasteiger partial charge in [0, 0.05) is 37.0 Å². The molecule has 0 spiro atoms. The second-order valence-electron chi connectivity index (χ2n) is 5.89. The van der Waals surface area contributed by atoms with Gasteiger partial charge in [0.15, 0.2) is 0 Å². The fraction of sp³-hybridized carbons (Fsp3) is 0.600. The van der Waals surface area contributed by atoms with Crippen LogP contribution in [0.25, 0.3) is 0 Å². The lowest BCUT2D eigenvalue weighted by Gasteiger charge is -2.36. The van der Waals surface area contributed by atoms with E-state index in [0.717, 1.165) is 42.3 Å². The number of aromatic amines is 1. The first kappa shape index (κ1) is 15.5. The first-order valence-electron chi connectivity index (χ1n) is 7.50. The number of aromatic nitrogens is 4. The minimum absolute atomic E-state index is 0.197. The maximum Gasteiger partial charge on any atom is 0.131 e. The molecule has 2 aromatic heterocycles.